The second kappa shape index (κ2) is 18.1. The topological polar surface area (TPSA) is 168 Å². The van der Waals surface area contributed by atoms with E-state index >= 15 is 4.79 Å². The van der Waals surface area contributed by atoms with Gasteiger partial charge in [0.15, 0.2) is 35.3 Å². The van der Waals surface area contributed by atoms with Crippen molar-refractivity contribution >= 4 is 17.8 Å². The van der Waals surface area contributed by atoms with Crippen LogP contribution in [-0.4, -0.2) is 111 Å². The van der Waals surface area contributed by atoms with Crippen LogP contribution in [0.5, 0.6) is 11.5 Å². The number of carbonyl (C=O) groups excluding carboxylic acids is 3. The molecule has 1 aromatic rings. The van der Waals surface area contributed by atoms with Crippen molar-refractivity contribution in [1.29, 1.82) is 0 Å². The van der Waals surface area contributed by atoms with Crippen LogP contribution in [0.4, 0.5) is 0 Å². The van der Waals surface area contributed by atoms with Gasteiger partial charge in [-0.15, -0.1) is 0 Å². The minimum Gasteiger partial charge on any atom is -0.493 e. The van der Waals surface area contributed by atoms with E-state index in [0.717, 1.165) is 44.9 Å². The Labute approximate surface area is 383 Å². The van der Waals surface area contributed by atoms with Crippen LogP contribution < -0.4 is 14.8 Å². The molecule has 2 aliphatic carbocycles. The first kappa shape index (κ1) is 47.0. The van der Waals surface area contributed by atoms with E-state index in [9.17, 15) is 9.59 Å². The van der Waals surface area contributed by atoms with Gasteiger partial charge in [0.25, 0.3) is 5.91 Å². The van der Waals surface area contributed by atoms with Crippen LogP contribution >= 0.6 is 0 Å². The zero-order valence-corrected chi connectivity index (χ0v) is 39.8. The molecule has 2 spiro atoms. The number of carbonyl (C=O) groups is 3. The van der Waals surface area contributed by atoms with Crippen molar-refractivity contribution in [3.8, 4) is 11.5 Å². The Hall–Kier alpha value is -3.09. The van der Waals surface area contributed by atoms with Crippen LogP contribution in [-0.2, 0) is 52.8 Å². The third-order valence-electron chi connectivity index (χ3n) is 17.4. The summed E-state index contributed by atoms with van der Waals surface area (Å²) in [6, 6.07) is 4.12. The summed E-state index contributed by atoms with van der Waals surface area (Å²) in [5, 5.41) is 2.79. The summed E-state index contributed by atoms with van der Waals surface area (Å²) in [7, 11) is 4.28. The molecule has 0 aromatic heterocycles. The van der Waals surface area contributed by atoms with Gasteiger partial charge in [-0.2, -0.15) is 0 Å². The number of esters is 1. The zero-order valence-electron chi connectivity index (χ0n) is 39.8. The maximum Gasteiger partial charge on any atom is 0.325 e. The summed E-state index contributed by atoms with van der Waals surface area (Å²) < 4.78 is 43.5. The van der Waals surface area contributed by atoms with E-state index in [1.165, 1.54) is 21.3 Å². The molecule has 11 rings (SSSR count). The zero-order chi connectivity index (χ0) is 46.1. The molecule has 1 unspecified atom stereocenters. The number of nitrogens with zero attached hydrogens (tertiary/aromatic N) is 1. The molecule has 2 saturated carbocycles. The van der Waals surface area contributed by atoms with Gasteiger partial charge < -0.3 is 43.4 Å². The smallest absolute Gasteiger partial charge is 0.325 e. The van der Waals surface area contributed by atoms with Crippen LogP contribution in [0.25, 0.3) is 0 Å². The van der Waals surface area contributed by atoms with Crippen molar-refractivity contribution in [3.05, 3.63) is 23.8 Å². The van der Waals surface area contributed by atoms with Gasteiger partial charge in [0, 0.05) is 31.2 Å². The van der Waals surface area contributed by atoms with E-state index in [1.807, 2.05) is 13.8 Å². The van der Waals surface area contributed by atoms with E-state index in [0.29, 0.717) is 43.3 Å². The maximum absolute atomic E-state index is 15.2. The molecule has 16 heteroatoms. The average Bonchev–Trinajstić information content (AvgIpc) is 3.68. The van der Waals surface area contributed by atoms with Crippen LogP contribution in [0.1, 0.15) is 129 Å². The van der Waals surface area contributed by atoms with Gasteiger partial charge in [-0.25, -0.2) is 19.6 Å². The lowest BCUT2D eigenvalue weighted by Crippen LogP contribution is -2.70. The summed E-state index contributed by atoms with van der Waals surface area (Å²) in [4.78, 5) is 68.8. The standard InChI is InChI=1S/C49H72N2O14/c1-27-15-17-34-29(3)37(58-44-48(34)32(27)21-23-46(5,60-44)62-64-48)14-11-25-51(43(54)31-12-10-13-39(55-7)41(31)57-9)36(42(53)50-26-40(52)56-8)19-20-38-30(4)35-18-16-28(2)33-22-24-47(6)61-45(59-38)49(33,35)65-63-47/h10,12-13,27-30,32-38,44-45H,11,14-26H2,1-9H3,(H,50,53)/t27-,28-,29-,30-,32+,33+,34+,35+,36?,37-,38-,44-,45-,46-,47-,48-,49-/m1/s1. The maximum atomic E-state index is 15.2. The predicted octanol–water partition coefficient (Wildman–Crippen LogP) is 6.87. The molecule has 1 N–H and O–H groups in total. The normalized spacial score (nSPS) is 42.9. The van der Waals surface area contributed by atoms with Crippen LogP contribution in [0, 0.1) is 47.3 Å². The molecule has 8 heterocycles. The molecule has 362 valence electrons. The molecule has 8 saturated heterocycles. The lowest BCUT2D eigenvalue weighted by atomic mass is 9.57. The van der Waals surface area contributed by atoms with Crippen LogP contribution in [0.2, 0.25) is 0 Å². The van der Waals surface area contributed by atoms with Gasteiger partial charge in [-0.05, 0) is 126 Å². The number of hydrogen-bond donors (Lipinski definition) is 1. The first-order valence-corrected chi connectivity index (χ1v) is 24.4. The molecule has 17 atom stereocenters. The fourth-order valence-corrected chi connectivity index (χ4v) is 13.8. The molecule has 2 amide bonds. The van der Waals surface area contributed by atoms with Crippen molar-refractivity contribution < 1.29 is 67.1 Å². The summed E-state index contributed by atoms with van der Waals surface area (Å²) in [5.41, 5.74) is -1.18. The van der Waals surface area contributed by atoms with Gasteiger partial charge in [-0.1, -0.05) is 33.8 Å². The monoisotopic (exact) mass is 912 g/mol. The number of ether oxygens (including phenoxy) is 7. The fourth-order valence-electron chi connectivity index (χ4n) is 13.8. The Balaban J connectivity index is 1.00. The highest BCUT2D eigenvalue weighted by molar-refractivity contribution is 6.00. The number of rotatable bonds is 14. The van der Waals surface area contributed by atoms with Gasteiger partial charge in [0.1, 0.15) is 12.6 Å². The molecule has 0 radical (unpaired) electrons. The van der Waals surface area contributed by atoms with Gasteiger partial charge in [0.05, 0.1) is 39.1 Å². The van der Waals surface area contributed by atoms with E-state index in [1.54, 1.807) is 23.1 Å². The number of hydrogen-bond acceptors (Lipinski definition) is 14. The molecule has 10 aliphatic rings. The number of para-hydroxylation sites is 1. The summed E-state index contributed by atoms with van der Waals surface area (Å²) in [5.74, 6) is -1.01. The van der Waals surface area contributed by atoms with Crippen molar-refractivity contribution in [3.63, 3.8) is 0 Å². The summed E-state index contributed by atoms with van der Waals surface area (Å²) in [6.45, 7) is 12.7. The Morgan fingerprint density at radius 1 is 0.738 bits per heavy atom. The van der Waals surface area contributed by atoms with E-state index in [-0.39, 0.29) is 78.5 Å². The SMILES string of the molecule is COC(=O)CNC(=O)C(CC[C@H]1O[C@@H]2O[C@@]3(C)CC[C@H]4[C@H](C)CC[C@@H]([C@H]1C)[C@@]24OO3)N(CCC[C@H]1O[C@@H]2O[C@@]3(C)CC[C@H]4[C@H](C)CC[C@@H]([C@H]1C)[C@@]24OO3)C(=O)c1cccc(OC)c1OC. The van der Waals surface area contributed by atoms with Crippen LogP contribution in [0.15, 0.2) is 18.2 Å². The van der Waals surface area contributed by atoms with E-state index < -0.39 is 59.2 Å². The second-order valence-corrected chi connectivity index (χ2v) is 21.0. The molecule has 8 aliphatic heterocycles. The highest BCUT2D eigenvalue weighted by Gasteiger charge is 2.71. The van der Waals surface area contributed by atoms with Crippen molar-refractivity contribution in [2.24, 2.45) is 47.3 Å². The number of nitrogens with one attached hydrogen (secondary N) is 1. The first-order chi connectivity index (χ1) is 31.1. The minimum atomic E-state index is -1.02. The van der Waals surface area contributed by atoms with Gasteiger partial charge >= 0.3 is 5.97 Å². The predicted molar refractivity (Wildman–Crippen MR) is 232 cm³/mol. The molecular formula is C49H72N2O14. The lowest BCUT2D eigenvalue weighted by Gasteiger charge is -2.60. The van der Waals surface area contributed by atoms with E-state index in [4.69, 9.17) is 52.7 Å². The quantitative estimate of drug-likeness (QED) is 0.152. The lowest BCUT2D eigenvalue weighted by molar-refractivity contribution is -0.571. The van der Waals surface area contributed by atoms with Crippen molar-refractivity contribution in [1.82, 2.24) is 10.2 Å². The summed E-state index contributed by atoms with van der Waals surface area (Å²) >= 11 is 0. The number of fused-ring (bicyclic) bond motifs is 4. The second-order valence-electron chi connectivity index (χ2n) is 21.0. The van der Waals surface area contributed by atoms with E-state index in [2.05, 4.69) is 33.0 Å². The first-order valence-electron chi connectivity index (χ1n) is 24.4. The number of benzene rings is 1. The van der Waals surface area contributed by atoms with Crippen LogP contribution in [0.3, 0.4) is 0 Å². The highest BCUT2D eigenvalue weighted by atomic mass is 17.3. The van der Waals surface area contributed by atoms with Crippen molar-refractivity contribution in [2.45, 2.75) is 172 Å². The molecule has 4 bridgehead atoms. The third-order valence-corrected chi connectivity index (χ3v) is 17.4. The number of methoxy groups -OCH3 is 3. The summed E-state index contributed by atoms with van der Waals surface area (Å²) in [6.07, 6.45) is 7.28. The minimum absolute atomic E-state index is 0.0195. The molecule has 65 heavy (non-hydrogen) atoms. The molecule has 1 aromatic carbocycles. The highest BCUT2D eigenvalue weighted by Crippen LogP contribution is 2.62. The largest absolute Gasteiger partial charge is 0.493 e. The average molecular weight is 913 g/mol. The molecule has 16 nitrogen and oxygen atoms in total. The Morgan fingerprint density at radius 2 is 1.31 bits per heavy atom. The third kappa shape index (κ3) is 7.96. The Kier molecular flexibility index (Phi) is 13.1. The Morgan fingerprint density at radius 3 is 1.85 bits per heavy atom. The van der Waals surface area contributed by atoms with Gasteiger partial charge in [-0.3, -0.25) is 14.4 Å². The Bertz CT molecular complexity index is 1940. The molecular weight excluding hydrogens is 841 g/mol. The number of amides is 2. The molecule has 10 fully saturated rings. The van der Waals surface area contributed by atoms with Gasteiger partial charge in [0.2, 0.25) is 17.5 Å². The van der Waals surface area contributed by atoms with Crippen molar-refractivity contribution in [2.75, 3.05) is 34.4 Å². The fraction of sp³-hybridized carbons (Fsp3) is 0.816.